The third kappa shape index (κ3) is 6.27. The van der Waals surface area contributed by atoms with Gasteiger partial charge in [0.25, 0.3) is 0 Å². The number of nitrogens with zero attached hydrogens (tertiary/aromatic N) is 1. The number of piperidine rings is 1. The number of methoxy groups -OCH3 is 1. The number of carbonyl (C=O) groups is 3. The second-order valence-corrected chi connectivity index (χ2v) is 7.19. The number of ether oxygens (including phenoxy) is 1. The molecule has 1 aromatic rings. The summed E-state index contributed by atoms with van der Waals surface area (Å²) in [4.78, 5) is 38.2. The van der Waals surface area contributed by atoms with Crippen molar-refractivity contribution < 1.29 is 19.1 Å². The third-order valence-electron chi connectivity index (χ3n) is 4.75. The Hall–Kier alpha value is -2.57. The summed E-state index contributed by atoms with van der Waals surface area (Å²) in [6, 6.07) is 8.85. The smallest absolute Gasteiger partial charge is 0.409 e. The van der Waals surface area contributed by atoms with Gasteiger partial charge in [0.2, 0.25) is 11.8 Å². The molecule has 1 heterocycles. The number of benzene rings is 1. The van der Waals surface area contributed by atoms with E-state index in [9.17, 15) is 14.4 Å². The summed E-state index contributed by atoms with van der Waals surface area (Å²) in [6.07, 6.45) is 1.25. The van der Waals surface area contributed by atoms with Crippen molar-refractivity contribution >= 4 is 17.9 Å². The van der Waals surface area contributed by atoms with E-state index >= 15 is 0 Å². The number of likely N-dealkylation sites (tertiary alicyclic amines) is 1. The largest absolute Gasteiger partial charge is 0.453 e. The van der Waals surface area contributed by atoms with Crippen LogP contribution in [0.15, 0.2) is 30.3 Å². The predicted octanol–water partition coefficient (Wildman–Crippen LogP) is 1.72. The summed E-state index contributed by atoms with van der Waals surface area (Å²) in [5.41, 5.74) is 0.910. The molecular weight excluding hydrogens is 346 g/mol. The number of hydrogen-bond acceptors (Lipinski definition) is 4. The first-order valence-corrected chi connectivity index (χ1v) is 9.37. The molecule has 2 rings (SSSR count). The van der Waals surface area contributed by atoms with Gasteiger partial charge in [0.05, 0.1) is 13.5 Å². The fraction of sp³-hybridized carbons (Fsp3) is 0.550. The van der Waals surface area contributed by atoms with Crippen molar-refractivity contribution in [3.05, 3.63) is 35.9 Å². The minimum absolute atomic E-state index is 0.00863. The molecule has 0 bridgehead atoms. The molecule has 0 aliphatic carbocycles. The molecule has 0 radical (unpaired) electrons. The first-order chi connectivity index (χ1) is 12.9. The summed E-state index contributed by atoms with van der Waals surface area (Å²) in [6.45, 7) is 4.91. The Kier molecular flexibility index (Phi) is 7.64. The highest BCUT2D eigenvalue weighted by molar-refractivity contribution is 5.88. The van der Waals surface area contributed by atoms with E-state index in [1.54, 1.807) is 4.90 Å². The van der Waals surface area contributed by atoms with Gasteiger partial charge in [-0.3, -0.25) is 9.59 Å². The predicted molar refractivity (Wildman–Crippen MR) is 102 cm³/mol. The van der Waals surface area contributed by atoms with Crippen molar-refractivity contribution in [2.24, 2.45) is 5.92 Å². The van der Waals surface area contributed by atoms with Crippen molar-refractivity contribution in [1.29, 1.82) is 0 Å². The van der Waals surface area contributed by atoms with E-state index in [0.29, 0.717) is 25.9 Å². The Balaban J connectivity index is 1.86. The van der Waals surface area contributed by atoms with Crippen molar-refractivity contribution in [3.63, 3.8) is 0 Å². The second-order valence-electron chi connectivity index (χ2n) is 7.19. The lowest BCUT2D eigenvalue weighted by atomic mass is 10.00. The minimum Gasteiger partial charge on any atom is -0.453 e. The van der Waals surface area contributed by atoms with Crippen molar-refractivity contribution in [3.8, 4) is 0 Å². The van der Waals surface area contributed by atoms with Gasteiger partial charge in [-0.15, -0.1) is 0 Å². The van der Waals surface area contributed by atoms with Gasteiger partial charge >= 0.3 is 6.09 Å². The monoisotopic (exact) mass is 375 g/mol. The quantitative estimate of drug-likeness (QED) is 0.792. The molecule has 0 saturated carbocycles. The lowest BCUT2D eigenvalue weighted by Crippen LogP contribution is -2.54. The zero-order chi connectivity index (χ0) is 19.8. The van der Waals surface area contributed by atoms with Crippen LogP contribution in [0.3, 0.4) is 0 Å². The number of carbonyl (C=O) groups excluding carboxylic acids is 3. The zero-order valence-corrected chi connectivity index (χ0v) is 16.2. The van der Waals surface area contributed by atoms with E-state index in [0.717, 1.165) is 5.56 Å². The van der Waals surface area contributed by atoms with Crippen LogP contribution in [0.4, 0.5) is 4.79 Å². The number of nitrogens with one attached hydrogen (secondary N) is 2. The van der Waals surface area contributed by atoms with Gasteiger partial charge in [-0.05, 0) is 24.3 Å². The summed E-state index contributed by atoms with van der Waals surface area (Å²) in [5.74, 6) is -0.377. The molecule has 1 fully saturated rings. The highest BCUT2D eigenvalue weighted by Gasteiger charge is 2.29. The normalized spacial score (nSPS) is 15.9. The van der Waals surface area contributed by atoms with E-state index in [4.69, 9.17) is 4.74 Å². The van der Waals surface area contributed by atoms with Crippen LogP contribution >= 0.6 is 0 Å². The van der Waals surface area contributed by atoms with Crippen molar-refractivity contribution in [1.82, 2.24) is 15.5 Å². The van der Waals surface area contributed by atoms with Gasteiger partial charge in [-0.2, -0.15) is 0 Å². The van der Waals surface area contributed by atoms with E-state index in [1.165, 1.54) is 7.11 Å². The van der Waals surface area contributed by atoms with Crippen LogP contribution in [0.25, 0.3) is 0 Å². The highest BCUT2D eigenvalue weighted by Crippen LogP contribution is 2.12. The van der Waals surface area contributed by atoms with E-state index < -0.39 is 6.04 Å². The molecule has 1 aromatic carbocycles. The average Bonchev–Trinajstić information content (AvgIpc) is 2.66. The topological polar surface area (TPSA) is 87.7 Å². The fourth-order valence-electron chi connectivity index (χ4n) is 3.17. The van der Waals surface area contributed by atoms with E-state index in [-0.39, 0.29) is 36.3 Å². The fourth-order valence-corrected chi connectivity index (χ4v) is 3.17. The molecule has 7 heteroatoms. The number of hydrogen-bond donors (Lipinski definition) is 2. The Bertz CT molecular complexity index is 640. The third-order valence-corrected chi connectivity index (χ3v) is 4.75. The maximum Gasteiger partial charge on any atom is 0.409 e. The first-order valence-electron chi connectivity index (χ1n) is 9.37. The van der Waals surface area contributed by atoms with Crippen LogP contribution < -0.4 is 10.6 Å². The molecule has 1 aliphatic rings. The molecule has 3 amide bonds. The van der Waals surface area contributed by atoms with Gasteiger partial charge in [-0.25, -0.2) is 4.79 Å². The average molecular weight is 375 g/mol. The molecule has 2 N–H and O–H groups in total. The van der Waals surface area contributed by atoms with Gasteiger partial charge in [-0.1, -0.05) is 44.2 Å². The molecule has 1 unspecified atom stereocenters. The van der Waals surface area contributed by atoms with Gasteiger partial charge in [0, 0.05) is 19.1 Å². The molecular formula is C20H29N3O4. The van der Waals surface area contributed by atoms with E-state index in [2.05, 4.69) is 10.6 Å². The summed E-state index contributed by atoms with van der Waals surface area (Å²) < 4.78 is 4.72. The summed E-state index contributed by atoms with van der Waals surface area (Å²) in [7, 11) is 1.36. The second kappa shape index (κ2) is 9.94. The van der Waals surface area contributed by atoms with Crippen LogP contribution in [0.1, 0.15) is 32.3 Å². The molecule has 7 nitrogen and oxygen atoms in total. The Morgan fingerprint density at radius 1 is 1.15 bits per heavy atom. The van der Waals surface area contributed by atoms with Crippen LogP contribution in [0, 0.1) is 5.92 Å². The molecule has 1 saturated heterocycles. The Morgan fingerprint density at radius 3 is 2.33 bits per heavy atom. The lowest BCUT2D eigenvalue weighted by Gasteiger charge is -2.32. The van der Waals surface area contributed by atoms with Crippen molar-refractivity contribution in [2.45, 2.75) is 45.2 Å². The molecule has 1 aliphatic heterocycles. The van der Waals surface area contributed by atoms with Crippen LogP contribution in [-0.4, -0.2) is 55.1 Å². The minimum atomic E-state index is -0.583. The summed E-state index contributed by atoms with van der Waals surface area (Å²) in [5, 5.41) is 5.87. The Morgan fingerprint density at radius 2 is 1.78 bits per heavy atom. The maximum absolute atomic E-state index is 12.7. The molecule has 0 aromatic heterocycles. The zero-order valence-electron chi connectivity index (χ0n) is 16.2. The lowest BCUT2D eigenvalue weighted by molar-refractivity contribution is -0.130. The van der Waals surface area contributed by atoms with Crippen LogP contribution in [-0.2, 0) is 20.7 Å². The first kappa shape index (κ1) is 20.7. The highest BCUT2D eigenvalue weighted by atomic mass is 16.5. The molecule has 27 heavy (non-hydrogen) atoms. The number of amides is 3. The maximum atomic E-state index is 12.7. The Labute approximate surface area is 160 Å². The van der Waals surface area contributed by atoms with Crippen molar-refractivity contribution in [2.75, 3.05) is 20.2 Å². The van der Waals surface area contributed by atoms with E-state index in [1.807, 2.05) is 44.2 Å². The van der Waals surface area contributed by atoms with Gasteiger partial charge in [0.15, 0.2) is 0 Å². The summed E-state index contributed by atoms with van der Waals surface area (Å²) >= 11 is 0. The number of rotatable bonds is 6. The van der Waals surface area contributed by atoms with Gasteiger partial charge < -0.3 is 20.3 Å². The van der Waals surface area contributed by atoms with Crippen LogP contribution in [0.5, 0.6) is 0 Å². The molecule has 1 atom stereocenters. The molecule has 0 spiro atoms. The molecule has 148 valence electrons. The standard InChI is InChI=1S/C20H29N3O4/c1-14(2)18(22-17(24)13-15-7-5-4-6-8-15)19(25)21-16-9-11-23(12-10-16)20(26)27-3/h4-8,14,16,18H,9-13H2,1-3H3,(H,21,25)(H,22,24). The van der Waals surface area contributed by atoms with Gasteiger partial charge in [0.1, 0.15) is 6.04 Å². The SMILES string of the molecule is COC(=O)N1CCC(NC(=O)C(NC(=O)Cc2ccccc2)C(C)C)CC1. The van der Waals surface area contributed by atoms with Crippen LogP contribution in [0.2, 0.25) is 0 Å².